The van der Waals surface area contributed by atoms with E-state index in [-0.39, 0.29) is 6.10 Å². The fraction of sp³-hybridized carbons (Fsp3) is 0.667. The van der Waals surface area contributed by atoms with Crippen molar-refractivity contribution in [1.29, 1.82) is 0 Å². The Hall–Kier alpha value is -1.01. The molecule has 0 aliphatic carbocycles. The lowest BCUT2D eigenvalue weighted by molar-refractivity contribution is 0.213. The molecule has 5 nitrogen and oxygen atoms in total. The molecule has 1 aromatic heterocycles. The van der Waals surface area contributed by atoms with E-state index in [2.05, 4.69) is 20.2 Å². The number of aromatic nitrogens is 2. The molecule has 98 valence electrons. The van der Waals surface area contributed by atoms with Crippen LogP contribution >= 0.6 is 11.8 Å². The van der Waals surface area contributed by atoms with Crippen LogP contribution in [0.5, 0.6) is 5.88 Å². The largest absolute Gasteiger partial charge is 0.473 e. The van der Waals surface area contributed by atoms with Crippen molar-refractivity contribution in [2.24, 2.45) is 0 Å². The van der Waals surface area contributed by atoms with Gasteiger partial charge in [-0.25, -0.2) is 9.97 Å². The zero-order valence-electron chi connectivity index (χ0n) is 10.3. The molecule has 6 heteroatoms. The van der Waals surface area contributed by atoms with Crippen molar-refractivity contribution in [3.05, 3.63) is 12.4 Å². The molecule has 1 unspecified atom stereocenters. The Morgan fingerprint density at radius 2 is 2.22 bits per heavy atom. The van der Waals surface area contributed by atoms with E-state index in [4.69, 9.17) is 4.74 Å². The second-order valence-electron chi connectivity index (χ2n) is 4.55. The number of nitrogens with zero attached hydrogens (tertiary/aromatic N) is 3. The predicted octanol–water partition coefficient (Wildman–Crippen LogP) is 0.770. The van der Waals surface area contributed by atoms with Gasteiger partial charge in [-0.05, 0) is 13.0 Å². The molecule has 0 radical (unpaired) electrons. The highest BCUT2D eigenvalue weighted by Crippen LogP contribution is 2.21. The minimum absolute atomic E-state index is 0.254. The molecule has 0 aromatic carbocycles. The first kappa shape index (κ1) is 12.0. The molecule has 1 atom stereocenters. The number of hydrogen-bond acceptors (Lipinski definition) is 6. The molecule has 1 aromatic rings. The average molecular weight is 266 g/mol. The van der Waals surface area contributed by atoms with Crippen LogP contribution < -0.4 is 15.0 Å². The highest BCUT2D eigenvalue weighted by Gasteiger charge is 2.18. The van der Waals surface area contributed by atoms with E-state index in [0.29, 0.717) is 5.88 Å². The summed E-state index contributed by atoms with van der Waals surface area (Å²) >= 11 is 2.00. The maximum atomic E-state index is 5.86. The maximum absolute atomic E-state index is 5.86. The Morgan fingerprint density at radius 1 is 1.33 bits per heavy atom. The van der Waals surface area contributed by atoms with Gasteiger partial charge in [0.2, 0.25) is 5.88 Å². The summed E-state index contributed by atoms with van der Waals surface area (Å²) in [5.41, 5.74) is 0. The highest BCUT2D eigenvalue weighted by atomic mass is 32.2. The van der Waals surface area contributed by atoms with Crippen LogP contribution in [-0.2, 0) is 0 Å². The van der Waals surface area contributed by atoms with Crippen molar-refractivity contribution < 1.29 is 4.74 Å². The molecule has 0 saturated carbocycles. The van der Waals surface area contributed by atoms with Gasteiger partial charge in [0, 0.05) is 37.2 Å². The Labute approximate surface area is 111 Å². The molecule has 2 aliphatic heterocycles. The standard InChI is InChI=1S/C12H18N4OS/c1-2-13-8-10(1)17-12-7-11(14-9-15-12)16-3-5-18-6-4-16/h7,9-10,13H,1-6,8H2. The minimum atomic E-state index is 0.254. The molecule has 18 heavy (non-hydrogen) atoms. The van der Waals surface area contributed by atoms with Crippen molar-refractivity contribution in [2.45, 2.75) is 12.5 Å². The van der Waals surface area contributed by atoms with Gasteiger partial charge in [0.15, 0.2) is 0 Å². The summed E-state index contributed by atoms with van der Waals surface area (Å²) in [4.78, 5) is 10.9. The normalized spacial score (nSPS) is 24.2. The Balaban J connectivity index is 1.67. The number of anilines is 1. The first-order chi connectivity index (χ1) is 8.92. The minimum Gasteiger partial charge on any atom is -0.473 e. The van der Waals surface area contributed by atoms with Gasteiger partial charge in [-0.15, -0.1) is 0 Å². The van der Waals surface area contributed by atoms with E-state index in [1.54, 1.807) is 6.33 Å². The SMILES string of the molecule is c1nc(OC2CCNC2)cc(N2CCSCC2)n1. The fourth-order valence-electron chi connectivity index (χ4n) is 2.26. The molecule has 2 aliphatic rings. The monoisotopic (exact) mass is 266 g/mol. The summed E-state index contributed by atoms with van der Waals surface area (Å²) < 4.78 is 5.86. The van der Waals surface area contributed by atoms with Crippen LogP contribution in [0.1, 0.15) is 6.42 Å². The van der Waals surface area contributed by atoms with E-state index in [1.807, 2.05) is 17.8 Å². The van der Waals surface area contributed by atoms with Gasteiger partial charge < -0.3 is 15.0 Å². The summed E-state index contributed by atoms with van der Waals surface area (Å²) in [6, 6.07) is 1.97. The van der Waals surface area contributed by atoms with Gasteiger partial charge in [-0.1, -0.05) is 0 Å². The van der Waals surface area contributed by atoms with Crippen LogP contribution in [0.25, 0.3) is 0 Å². The summed E-state index contributed by atoms with van der Waals surface area (Å²) in [5.74, 6) is 4.04. The summed E-state index contributed by atoms with van der Waals surface area (Å²) in [7, 11) is 0. The maximum Gasteiger partial charge on any atom is 0.218 e. The quantitative estimate of drug-likeness (QED) is 0.872. The molecule has 2 saturated heterocycles. The number of thioether (sulfide) groups is 1. The van der Waals surface area contributed by atoms with Crippen LogP contribution in [-0.4, -0.2) is 53.8 Å². The predicted molar refractivity (Wildman–Crippen MR) is 73.5 cm³/mol. The lowest BCUT2D eigenvalue weighted by Gasteiger charge is -2.27. The first-order valence-corrected chi connectivity index (χ1v) is 7.59. The molecule has 2 fully saturated rings. The third-order valence-electron chi connectivity index (χ3n) is 3.27. The highest BCUT2D eigenvalue weighted by molar-refractivity contribution is 7.99. The second kappa shape index (κ2) is 5.75. The Bertz CT molecular complexity index is 391. The van der Waals surface area contributed by atoms with E-state index < -0.39 is 0 Å². The first-order valence-electron chi connectivity index (χ1n) is 6.44. The van der Waals surface area contributed by atoms with Crippen molar-refractivity contribution in [1.82, 2.24) is 15.3 Å². The zero-order valence-corrected chi connectivity index (χ0v) is 11.2. The average Bonchev–Trinajstić information content (AvgIpc) is 2.93. The van der Waals surface area contributed by atoms with E-state index in [0.717, 1.165) is 38.4 Å². The van der Waals surface area contributed by atoms with E-state index >= 15 is 0 Å². The molecule has 1 N–H and O–H groups in total. The third-order valence-corrected chi connectivity index (χ3v) is 4.21. The summed E-state index contributed by atoms with van der Waals surface area (Å²) in [6.45, 7) is 4.07. The molecule has 3 heterocycles. The molecule has 0 amide bonds. The van der Waals surface area contributed by atoms with Crippen LogP contribution in [0.3, 0.4) is 0 Å². The molecule has 3 rings (SSSR count). The van der Waals surface area contributed by atoms with Crippen molar-refractivity contribution in [3.8, 4) is 5.88 Å². The van der Waals surface area contributed by atoms with Gasteiger partial charge in [0.05, 0.1) is 0 Å². The Morgan fingerprint density at radius 3 is 3.00 bits per heavy atom. The molecule has 0 bridgehead atoms. The van der Waals surface area contributed by atoms with Crippen LogP contribution in [0.2, 0.25) is 0 Å². The van der Waals surface area contributed by atoms with E-state index in [1.165, 1.54) is 11.5 Å². The number of ether oxygens (including phenoxy) is 1. The number of nitrogens with one attached hydrogen (secondary N) is 1. The van der Waals surface area contributed by atoms with Crippen LogP contribution in [0.4, 0.5) is 5.82 Å². The van der Waals surface area contributed by atoms with Crippen molar-refractivity contribution >= 4 is 17.6 Å². The topological polar surface area (TPSA) is 50.3 Å². The van der Waals surface area contributed by atoms with Crippen LogP contribution in [0.15, 0.2) is 12.4 Å². The lowest BCUT2D eigenvalue weighted by Crippen LogP contribution is -2.33. The van der Waals surface area contributed by atoms with Gasteiger partial charge in [0.1, 0.15) is 18.2 Å². The van der Waals surface area contributed by atoms with Gasteiger partial charge >= 0.3 is 0 Å². The van der Waals surface area contributed by atoms with E-state index in [9.17, 15) is 0 Å². The molecule has 0 spiro atoms. The summed E-state index contributed by atoms with van der Waals surface area (Å²) in [6.07, 6.45) is 2.92. The fourth-order valence-corrected chi connectivity index (χ4v) is 3.16. The molecular weight excluding hydrogens is 248 g/mol. The third kappa shape index (κ3) is 2.87. The second-order valence-corrected chi connectivity index (χ2v) is 5.77. The number of hydrogen-bond donors (Lipinski definition) is 1. The smallest absolute Gasteiger partial charge is 0.218 e. The van der Waals surface area contributed by atoms with Crippen LogP contribution in [0, 0.1) is 0 Å². The van der Waals surface area contributed by atoms with Crippen molar-refractivity contribution in [2.75, 3.05) is 42.6 Å². The number of rotatable bonds is 3. The summed E-state index contributed by atoms with van der Waals surface area (Å²) in [5, 5.41) is 3.29. The van der Waals surface area contributed by atoms with Gasteiger partial charge in [-0.2, -0.15) is 11.8 Å². The molecular formula is C12H18N4OS. The zero-order chi connectivity index (χ0) is 12.2. The van der Waals surface area contributed by atoms with Crippen molar-refractivity contribution in [3.63, 3.8) is 0 Å². The van der Waals surface area contributed by atoms with Gasteiger partial charge in [0.25, 0.3) is 0 Å². The van der Waals surface area contributed by atoms with Gasteiger partial charge in [-0.3, -0.25) is 0 Å². The Kier molecular flexibility index (Phi) is 3.85. The lowest BCUT2D eigenvalue weighted by atomic mass is 10.3.